The molecule has 1 fully saturated rings. The van der Waals surface area contributed by atoms with Crippen molar-refractivity contribution in [3.63, 3.8) is 0 Å². The Labute approximate surface area is 82.7 Å². The first-order valence-electron chi connectivity index (χ1n) is 5.15. The van der Waals surface area contributed by atoms with Gasteiger partial charge in [0, 0.05) is 19.1 Å². The maximum absolute atomic E-state index is 13.1. The molecule has 0 aromatic heterocycles. The van der Waals surface area contributed by atoms with E-state index in [0.29, 0.717) is 6.04 Å². The molecule has 0 spiro atoms. The fraction of sp³-hybridized carbons (Fsp3) is 0.455. The van der Waals surface area contributed by atoms with Gasteiger partial charge in [0.05, 0.1) is 11.4 Å². The highest BCUT2D eigenvalue weighted by atomic mass is 19.1. The summed E-state index contributed by atoms with van der Waals surface area (Å²) < 4.78 is 13.1. The molecule has 3 rings (SSSR count). The maximum Gasteiger partial charge on any atom is 0.125 e. The molecule has 1 aromatic rings. The van der Waals surface area contributed by atoms with Crippen LogP contribution in [-0.4, -0.2) is 19.1 Å². The van der Waals surface area contributed by atoms with Gasteiger partial charge in [-0.1, -0.05) is 0 Å². The number of anilines is 2. The molecule has 1 aromatic carbocycles. The first-order valence-corrected chi connectivity index (χ1v) is 5.15. The lowest BCUT2D eigenvalue weighted by molar-refractivity contribution is 0.622. The van der Waals surface area contributed by atoms with Crippen LogP contribution in [0.3, 0.4) is 0 Å². The zero-order chi connectivity index (χ0) is 9.54. The van der Waals surface area contributed by atoms with Gasteiger partial charge in [-0.3, -0.25) is 0 Å². The molecular formula is C11H13FN2. The Bertz CT molecular complexity index is 364. The smallest absolute Gasteiger partial charge is 0.125 e. The van der Waals surface area contributed by atoms with Gasteiger partial charge in [-0.25, -0.2) is 4.39 Å². The van der Waals surface area contributed by atoms with E-state index in [1.807, 2.05) is 6.07 Å². The lowest BCUT2D eigenvalue weighted by atomic mass is 10.1. The third kappa shape index (κ3) is 1.08. The Morgan fingerprint density at radius 3 is 3.29 bits per heavy atom. The summed E-state index contributed by atoms with van der Waals surface area (Å²) in [5, 5.41) is 3.35. The molecule has 74 valence electrons. The van der Waals surface area contributed by atoms with Gasteiger partial charge in [0.15, 0.2) is 0 Å². The third-order valence-electron chi connectivity index (χ3n) is 3.17. The average molecular weight is 192 g/mol. The van der Waals surface area contributed by atoms with Crippen molar-refractivity contribution in [2.45, 2.75) is 18.9 Å². The van der Waals surface area contributed by atoms with E-state index in [1.54, 1.807) is 6.07 Å². The number of hydrogen-bond donors (Lipinski definition) is 1. The molecule has 0 radical (unpaired) electrons. The molecule has 0 unspecified atom stereocenters. The number of hydrogen-bond acceptors (Lipinski definition) is 2. The van der Waals surface area contributed by atoms with E-state index in [1.165, 1.54) is 18.9 Å². The second kappa shape index (κ2) is 2.87. The molecule has 1 N–H and O–H groups in total. The van der Waals surface area contributed by atoms with E-state index >= 15 is 0 Å². The van der Waals surface area contributed by atoms with Crippen molar-refractivity contribution in [1.29, 1.82) is 0 Å². The molecule has 1 atom stereocenters. The van der Waals surface area contributed by atoms with Crippen molar-refractivity contribution in [2.75, 3.05) is 23.3 Å². The van der Waals surface area contributed by atoms with Gasteiger partial charge in [0.25, 0.3) is 0 Å². The SMILES string of the molecule is Fc1ccc2c(c1)N1CCC[C@H]1CN2. The summed E-state index contributed by atoms with van der Waals surface area (Å²) in [6, 6.07) is 5.56. The van der Waals surface area contributed by atoms with E-state index in [0.717, 1.165) is 24.5 Å². The van der Waals surface area contributed by atoms with Crippen LogP contribution in [0.4, 0.5) is 15.8 Å². The number of rotatable bonds is 0. The van der Waals surface area contributed by atoms with E-state index < -0.39 is 0 Å². The van der Waals surface area contributed by atoms with Gasteiger partial charge in [0.1, 0.15) is 5.82 Å². The van der Waals surface area contributed by atoms with E-state index in [2.05, 4.69) is 10.2 Å². The van der Waals surface area contributed by atoms with E-state index in [9.17, 15) is 4.39 Å². The molecule has 1 saturated heterocycles. The van der Waals surface area contributed by atoms with Crippen LogP contribution in [0.15, 0.2) is 18.2 Å². The molecular weight excluding hydrogens is 179 g/mol. The summed E-state index contributed by atoms with van der Waals surface area (Å²) in [5.41, 5.74) is 2.11. The van der Waals surface area contributed by atoms with Crippen molar-refractivity contribution in [2.24, 2.45) is 0 Å². The summed E-state index contributed by atoms with van der Waals surface area (Å²) in [4.78, 5) is 2.33. The quantitative estimate of drug-likeness (QED) is 0.678. The van der Waals surface area contributed by atoms with Gasteiger partial charge in [-0.2, -0.15) is 0 Å². The fourth-order valence-corrected chi connectivity index (χ4v) is 2.48. The molecule has 0 amide bonds. The summed E-state index contributed by atoms with van der Waals surface area (Å²) >= 11 is 0. The van der Waals surface area contributed by atoms with Gasteiger partial charge in [0.2, 0.25) is 0 Å². The van der Waals surface area contributed by atoms with Crippen molar-refractivity contribution in [3.05, 3.63) is 24.0 Å². The molecule has 14 heavy (non-hydrogen) atoms. The third-order valence-corrected chi connectivity index (χ3v) is 3.17. The predicted octanol–water partition coefficient (Wildman–Crippen LogP) is 2.22. The van der Waals surface area contributed by atoms with Crippen LogP contribution in [0.5, 0.6) is 0 Å². The molecule has 0 saturated carbocycles. The van der Waals surface area contributed by atoms with Crippen molar-refractivity contribution in [1.82, 2.24) is 0 Å². The van der Waals surface area contributed by atoms with Crippen molar-refractivity contribution >= 4 is 11.4 Å². The minimum Gasteiger partial charge on any atom is -0.381 e. The van der Waals surface area contributed by atoms with Gasteiger partial charge in [-0.05, 0) is 31.0 Å². The van der Waals surface area contributed by atoms with Gasteiger partial charge < -0.3 is 10.2 Å². The summed E-state index contributed by atoms with van der Waals surface area (Å²) in [7, 11) is 0. The average Bonchev–Trinajstić information content (AvgIpc) is 2.65. The van der Waals surface area contributed by atoms with Crippen LogP contribution in [0.25, 0.3) is 0 Å². The highest BCUT2D eigenvalue weighted by molar-refractivity contribution is 5.73. The predicted molar refractivity (Wildman–Crippen MR) is 55.3 cm³/mol. The van der Waals surface area contributed by atoms with E-state index in [4.69, 9.17) is 0 Å². The Kier molecular flexibility index (Phi) is 1.66. The molecule has 2 heterocycles. The minimum atomic E-state index is -0.141. The monoisotopic (exact) mass is 192 g/mol. The Morgan fingerprint density at radius 1 is 1.43 bits per heavy atom. The normalized spacial score (nSPS) is 24.1. The van der Waals surface area contributed by atoms with Crippen LogP contribution in [0.1, 0.15) is 12.8 Å². The zero-order valence-electron chi connectivity index (χ0n) is 7.96. The number of nitrogens with zero attached hydrogens (tertiary/aromatic N) is 1. The van der Waals surface area contributed by atoms with E-state index in [-0.39, 0.29) is 5.82 Å². The largest absolute Gasteiger partial charge is 0.381 e. The minimum absolute atomic E-state index is 0.141. The molecule has 2 aliphatic heterocycles. The maximum atomic E-state index is 13.1. The highest BCUT2D eigenvalue weighted by Gasteiger charge is 2.29. The van der Waals surface area contributed by atoms with Crippen LogP contribution < -0.4 is 10.2 Å². The lowest BCUT2D eigenvalue weighted by Crippen LogP contribution is -2.39. The van der Waals surface area contributed by atoms with Crippen LogP contribution in [-0.2, 0) is 0 Å². The first kappa shape index (κ1) is 8.09. The highest BCUT2D eigenvalue weighted by Crippen LogP contribution is 2.36. The number of halogens is 1. The molecule has 3 heteroatoms. The molecule has 2 nitrogen and oxygen atoms in total. The standard InChI is InChI=1S/C11H13FN2/c12-8-3-4-10-11(6-8)14-5-1-2-9(14)7-13-10/h3-4,6,9,13H,1-2,5,7H2/t9-/m0/s1. The topological polar surface area (TPSA) is 15.3 Å². The van der Waals surface area contributed by atoms with Gasteiger partial charge >= 0.3 is 0 Å². The molecule has 0 bridgehead atoms. The Balaban J connectivity index is 2.07. The Morgan fingerprint density at radius 2 is 2.36 bits per heavy atom. The summed E-state index contributed by atoms with van der Waals surface area (Å²) in [6.45, 7) is 2.07. The molecule has 2 aliphatic rings. The fourth-order valence-electron chi connectivity index (χ4n) is 2.48. The van der Waals surface area contributed by atoms with Crippen LogP contribution in [0, 0.1) is 5.82 Å². The summed E-state index contributed by atoms with van der Waals surface area (Å²) in [5.74, 6) is -0.141. The molecule has 0 aliphatic carbocycles. The lowest BCUT2D eigenvalue weighted by Gasteiger charge is -2.34. The summed E-state index contributed by atoms with van der Waals surface area (Å²) in [6.07, 6.45) is 2.45. The zero-order valence-corrected chi connectivity index (χ0v) is 7.96. The second-order valence-corrected chi connectivity index (χ2v) is 4.03. The number of nitrogens with one attached hydrogen (secondary N) is 1. The van der Waals surface area contributed by atoms with Crippen LogP contribution in [0.2, 0.25) is 0 Å². The number of fused-ring (bicyclic) bond motifs is 3. The second-order valence-electron chi connectivity index (χ2n) is 4.03. The van der Waals surface area contributed by atoms with Crippen molar-refractivity contribution < 1.29 is 4.39 Å². The van der Waals surface area contributed by atoms with Crippen LogP contribution >= 0.6 is 0 Å². The first-order chi connectivity index (χ1) is 6.84. The number of benzene rings is 1. The Hall–Kier alpha value is -1.25. The van der Waals surface area contributed by atoms with Crippen molar-refractivity contribution in [3.8, 4) is 0 Å². The van der Waals surface area contributed by atoms with Gasteiger partial charge in [-0.15, -0.1) is 0 Å².